The minimum absolute atomic E-state index is 0.258. The van der Waals surface area contributed by atoms with Crippen LogP contribution in [0.25, 0.3) is 0 Å². The number of rotatable bonds is 7. The van der Waals surface area contributed by atoms with E-state index in [-0.39, 0.29) is 11.6 Å². The van der Waals surface area contributed by atoms with E-state index in [1.54, 1.807) is 13.0 Å². The fourth-order valence-corrected chi connectivity index (χ4v) is 1.83. The zero-order valence-electron chi connectivity index (χ0n) is 12.9. The van der Waals surface area contributed by atoms with E-state index in [0.29, 0.717) is 24.8 Å². The largest absolute Gasteiger partial charge is 0.368 e. The monoisotopic (exact) mass is 304 g/mol. The summed E-state index contributed by atoms with van der Waals surface area (Å²) in [5.74, 6) is 1.66. The quantitative estimate of drug-likeness (QED) is 0.663. The van der Waals surface area contributed by atoms with Crippen LogP contribution in [0.1, 0.15) is 28.9 Å². The SMILES string of the molecule is CCNc1nc(C)cc(NCCNC(=O)c2cc(C)on2)n1. The fraction of sp³-hybridized carbons (Fsp3) is 0.429. The van der Waals surface area contributed by atoms with Gasteiger partial charge in [-0.1, -0.05) is 5.16 Å². The molecule has 0 radical (unpaired) electrons. The van der Waals surface area contributed by atoms with Crippen molar-refractivity contribution >= 4 is 17.7 Å². The summed E-state index contributed by atoms with van der Waals surface area (Å²) in [6.07, 6.45) is 0. The van der Waals surface area contributed by atoms with Crippen molar-refractivity contribution in [3.05, 3.63) is 29.3 Å². The van der Waals surface area contributed by atoms with Gasteiger partial charge < -0.3 is 20.5 Å². The maximum Gasteiger partial charge on any atom is 0.273 e. The van der Waals surface area contributed by atoms with Crippen molar-refractivity contribution in [1.82, 2.24) is 20.4 Å². The molecular weight excluding hydrogens is 284 g/mol. The standard InChI is InChI=1S/C14H20N6O2/c1-4-15-14-18-9(2)7-12(19-14)16-5-6-17-13(21)11-8-10(3)22-20-11/h7-8H,4-6H2,1-3H3,(H,17,21)(H2,15,16,18,19). The number of hydrogen-bond donors (Lipinski definition) is 3. The molecule has 2 aromatic heterocycles. The van der Waals surface area contributed by atoms with Crippen LogP contribution in [0.15, 0.2) is 16.7 Å². The van der Waals surface area contributed by atoms with Gasteiger partial charge in [-0.25, -0.2) is 4.98 Å². The van der Waals surface area contributed by atoms with Gasteiger partial charge in [0.05, 0.1) is 0 Å². The van der Waals surface area contributed by atoms with Gasteiger partial charge in [-0.15, -0.1) is 0 Å². The normalized spacial score (nSPS) is 10.3. The molecule has 0 aliphatic carbocycles. The second-order valence-electron chi connectivity index (χ2n) is 4.75. The van der Waals surface area contributed by atoms with E-state index in [1.165, 1.54) is 0 Å². The number of carbonyl (C=O) groups excluding carboxylic acids is 1. The molecule has 0 spiro atoms. The van der Waals surface area contributed by atoms with Crippen molar-refractivity contribution in [2.24, 2.45) is 0 Å². The third-order valence-electron chi connectivity index (χ3n) is 2.77. The molecule has 0 saturated carbocycles. The Morgan fingerprint density at radius 1 is 1.18 bits per heavy atom. The smallest absolute Gasteiger partial charge is 0.273 e. The Labute approximate surface area is 128 Å². The number of anilines is 2. The summed E-state index contributed by atoms with van der Waals surface area (Å²) in [4.78, 5) is 20.4. The average Bonchev–Trinajstić information content (AvgIpc) is 2.90. The fourth-order valence-electron chi connectivity index (χ4n) is 1.83. The first kappa shape index (κ1) is 15.7. The van der Waals surface area contributed by atoms with E-state index in [2.05, 4.69) is 31.1 Å². The molecule has 0 bridgehead atoms. The Balaban J connectivity index is 1.80. The first-order valence-electron chi connectivity index (χ1n) is 7.13. The molecule has 8 heteroatoms. The maximum absolute atomic E-state index is 11.8. The van der Waals surface area contributed by atoms with Gasteiger partial charge in [-0.05, 0) is 20.8 Å². The number of nitrogens with zero attached hydrogens (tertiary/aromatic N) is 3. The van der Waals surface area contributed by atoms with Crippen molar-refractivity contribution in [1.29, 1.82) is 0 Å². The lowest BCUT2D eigenvalue weighted by Crippen LogP contribution is -2.29. The molecule has 0 aliphatic heterocycles. The van der Waals surface area contributed by atoms with Crippen LogP contribution in [-0.2, 0) is 0 Å². The Morgan fingerprint density at radius 2 is 2.00 bits per heavy atom. The van der Waals surface area contributed by atoms with Gasteiger partial charge >= 0.3 is 0 Å². The molecule has 8 nitrogen and oxygen atoms in total. The lowest BCUT2D eigenvalue weighted by Gasteiger charge is -2.09. The maximum atomic E-state index is 11.8. The summed E-state index contributed by atoms with van der Waals surface area (Å²) >= 11 is 0. The van der Waals surface area contributed by atoms with E-state index in [4.69, 9.17) is 4.52 Å². The van der Waals surface area contributed by atoms with Crippen LogP contribution < -0.4 is 16.0 Å². The van der Waals surface area contributed by atoms with E-state index in [0.717, 1.165) is 18.1 Å². The predicted octanol–water partition coefficient (Wildman–Crippen LogP) is 1.36. The summed E-state index contributed by atoms with van der Waals surface area (Å²) in [5.41, 5.74) is 1.15. The van der Waals surface area contributed by atoms with Gasteiger partial charge in [-0.3, -0.25) is 4.79 Å². The lowest BCUT2D eigenvalue weighted by atomic mass is 10.3. The molecule has 2 aromatic rings. The Morgan fingerprint density at radius 3 is 2.68 bits per heavy atom. The van der Waals surface area contributed by atoms with Gasteiger partial charge in [0.25, 0.3) is 5.91 Å². The van der Waals surface area contributed by atoms with Crippen molar-refractivity contribution < 1.29 is 9.32 Å². The molecule has 2 heterocycles. The molecule has 1 amide bonds. The van der Waals surface area contributed by atoms with Crippen LogP contribution in [0, 0.1) is 13.8 Å². The number of aromatic nitrogens is 3. The second-order valence-corrected chi connectivity index (χ2v) is 4.75. The molecule has 0 fully saturated rings. The van der Waals surface area contributed by atoms with Crippen LogP contribution in [0.5, 0.6) is 0 Å². The highest BCUT2D eigenvalue weighted by Gasteiger charge is 2.09. The van der Waals surface area contributed by atoms with Gasteiger partial charge in [0.15, 0.2) is 5.69 Å². The number of amides is 1. The molecule has 0 saturated heterocycles. The third kappa shape index (κ3) is 4.44. The van der Waals surface area contributed by atoms with Crippen molar-refractivity contribution in [3.63, 3.8) is 0 Å². The molecule has 118 valence electrons. The van der Waals surface area contributed by atoms with E-state index in [1.807, 2.05) is 19.9 Å². The van der Waals surface area contributed by atoms with Crippen LogP contribution in [0.2, 0.25) is 0 Å². The van der Waals surface area contributed by atoms with Crippen molar-refractivity contribution in [3.8, 4) is 0 Å². The highest BCUT2D eigenvalue weighted by Crippen LogP contribution is 2.08. The van der Waals surface area contributed by atoms with Crippen LogP contribution in [0.3, 0.4) is 0 Å². The number of nitrogens with one attached hydrogen (secondary N) is 3. The summed E-state index contributed by atoms with van der Waals surface area (Å²) in [6, 6.07) is 3.45. The molecule has 2 rings (SSSR count). The van der Waals surface area contributed by atoms with Crippen LogP contribution in [0.4, 0.5) is 11.8 Å². The number of hydrogen-bond acceptors (Lipinski definition) is 7. The van der Waals surface area contributed by atoms with Crippen LogP contribution >= 0.6 is 0 Å². The molecule has 22 heavy (non-hydrogen) atoms. The molecule has 0 aromatic carbocycles. The first-order valence-corrected chi connectivity index (χ1v) is 7.13. The van der Waals surface area contributed by atoms with E-state index in [9.17, 15) is 4.79 Å². The van der Waals surface area contributed by atoms with Gasteiger partial charge in [0, 0.05) is 37.5 Å². The zero-order valence-corrected chi connectivity index (χ0v) is 12.9. The Kier molecular flexibility index (Phi) is 5.29. The minimum Gasteiger partial charge on any atom is -0.368 e. The molecule has 0 aliphatic rings. The third-order valence-corrected chi connectivity index (χ3v) is 2.77. The zero-order chi connectivity index (χ0) is 15.9. The van der Waals surface area contributed by atoms with E-state index >= 15 is 0 Å². The first-order chi connectivity index (χ1) is 10.6. The number of carbonyl (C=O) groups is 1. The topological polar surface area (TPSA) is 105 Å². The van der Waals surface area contributed by atoms with Crippen LogP contribution in [-0.4, -0.2) is 40.7 Å². The summed E-state index contributed by atoms with van der Waals surface area (Å²) in [7, 11) is 0. The lowest BCUT2D eigenvalue weighted by molar-refractivity contribution is 0.0946. The van der Waals surface area contributed by atoms with Gasteiger partial charge in [0.1, 0.15) is 11.6 Å². The van der Waals surface area contributed by atoms with Gasteiger partial charge in [0.2, 0.25) is 5.95 Å². The Bertz CT molecular complexity index is 640. The highest BCUT2D eigenvalue weighted by molar-refractivity contribution is 5.92. The summed E-state index contributed by atoms with van der Waals surface area (Å²) < 4.78 is 4.86. The van der Waals surface area contributed by atoms with E-state index < -0.39 is 0 Å². The highest BCUT2D eigenvalue weighted by atomic mass is 16.5. The van der Waals surface area contributed by atoms with Crippen molar-refractivity contribution in [2.75, 3.05) is 30.3 Å². The average molecular weight is 304 g/mol. The molecule has 0 atom stereocenters. The van der Waals surface area contributed by atoms with Crippen molar-refractivity contribution in [2.45, 2.75) is 20.8 Å². The molecular formula is C14H20N6O2. The number of aryl methyl sites for hydroxylation is 2. The molecule has 3 N–H and O–H groups in total. The predicted molar refractivity (Wildman–Crippen MR) is 83.0 cm³/mol. The Hall–Kier alpha value is -2.64. The van der Waals surface area contributed by atoms with Gasteiger partial charge in [-0.2, -0.15) is 4.98 Å². The molecule has 0 unspecified atom stereocenters. The minimum atomic E-state index is -0.258. The summed E-state index contributed by atoms with van der Waals surface area (Å²) in [5, 5.41) is 12.6. The second kappa shape index (κ2) is 7.39. The summed E-state index contributed by atoms with van der Waals surface area (Å²) in [6.45, 7) is 7.39.